The van der Waals surface area contributed by atoms with Crippen LogP contribution in [0.2, 0.25) is 0 Å². The molecule has 0 spiro atoms. The zero-order valence-electron chi connectivity index (χ0n) is 8.92. The third-order valence-corrected chi connectivity index (χ3v) is 2.16. The summed E-state index contributed by atoms with van der Waals surface area (Å²) in [4.78, 5) is 0. The van der Waals surface area contributed by atoms with Gasteiger partial charge in [-0.15, -0.1) is 0 Å². The molecule has 0 aromatic heterocycles. The van der Waals surface area contributed by atoms with Gasteiger partial charge in [0.15, 0.2) is 0 Å². The van der Waals surface area contributed by atoms with Crippen molar-refractivity contribution < 1.29 is 4.74 Å². The molecule has 1 aromatic rings. The first kappa shape index (κ1) is 10.8. The van der Waals surface area contributed by atoms with Gasteiger partial charge in [-0.25, -0.2) is 0 Å². The van der Waals surface area contributed by atoms with E-state index in [0.29, 0.717) is 0 Å². The fraction of sp³-hybridized carbons (Fsp3) is 0.385. The molecule has 0 atom stereocenters. The van der Waals surface area contributed by atoms with Crippen molar-refractivity contribution in [1.29, 1.82) is 0 Å². The Bertz CT molecular complexity index is 289. The van der Waals surface area contributed by atoms with Crippen LogP contribution in [0.1, 0.15) is 25.3 Å². The van der Waals surface area contributed by atoms with Crippen LogP contribution in [0, 0.1) is 6.07 Å². The van der Waals surface area contributed by atoms with Gasteiger partial charge in [-0.3, -0.25) is 0 Å². The number of benzene rings is 1. The predicted molar refractivity (Wildman–Crippen MR) is 59.6 cm³/mol. The summed E-state index contributed by atoms with van der Waals surface area (Å²) < 4.78 is 5.23. The Morgan fingerprint density at radius 2 is 2.36 bits per heavy atom. The minimum absolute atomic E-state index is 0.882. The highest BCUT2D eigenvalue weighted by Crippen LogP contribution is 2.18. The van der Waals surface area contributed by atoms with Crippen LogP contribution in [-0.4, -0.2) is 7.11 Å². The highest BCUT2D eigenvalue weighted by Gasteiger charge is 1.99. The number of unbranched alkanes of at least 4 members (excludes halogenated alkanes) is 1. The topological polar surface area (TPSA) is 9.23 Å². The maximum atomic E-state index is 5.23. The van der Waals surface area contributed by atoms with E-state index in [4.69, 9.17) is 4.74 Å². The van der Waals surface area contributed by atoms with Gasteiger partial charge in [0.2, 0.25) is 0 Å². The molecule has 0 aliphatic heterocycles. The number of ether oxygens (including phenoxy) is 1. The summed E-state index contributed by atoms with van der Waals surface area (Å²) in [7, 11) is 1.70. The second-order valence-corrected chi connectivity index (χ2v) is 3.19. The molecular formula is C13H17O. The average Bonchev–Trinajstić information content (AvgIpc) is 2.25. The summed E-state index contributed by atoms with van der Waals surface area (Å²) in [5.74, 6) is 0.882. The molecule has 0 saturated carbocycles. The highest BCUT2D eigenvalue weighted by molar-refractivity contribution is 5.32. The molecule has 1 aromatic carbocycles. The van der Waals surface area contributed by atoms with Crippen LogP contribution in [0.4, 0.5) is 0 Å². The van der Waals surface area contributed by atoms with Crippen LogP contribution in [0.25, 0.3) is 0 Å². The molecule has 0 fully saturated rings. The molecule has 1 nitrogen and oxygen atoms in total. The zero-order valence-corrected chi connectivity index (χ0v) is 8.92. The lowest BCUT2D eigenvalue weighted by Crippen LogP contribution is -1.91. The monoisotopic (exact) mass is 189 g/mol. The molecule has 0 aliphatic rings. The van der Waals surface area contributed by atoms with Gasteiger partial charge in [-0.1, -0.05) is 30.4 Å². The Balaban J connectivity index is 2.49. The minimum atomic E-state index is 0.882. The first-order valence-corrected chi connectivity index (χ1v) is 5.03. The van der Waals surface area contributed by atoms with E-state index in [1.54, 1.807) is 7.11 Å². The van der Waals surface area contributed by atoms with Crippen molar-refractivity contribution in [3.05, 3.63) is 42.0 Å². The average molecular weight is 189 g/mol. The maximum Gasteiger partial charge on any atom is 0.130 e. The molecule has 75 valence electrons. The van der Waals surface area contributed by atoms with Gasteiger partial charge in [0, 0.05) is 6.07 Å². The fourth-order valence-electron chi connectivity index (χ4n) is 1.42. The zero-order chi connectivity index (χ0) is 10.2. The second-order valence-electron chi connectivity index (χ2n) is 3.19. The third-order valence-electron chi connectivity index (χ3n) is 2.16. The van der Waals surface area contributed by atoms with E-state index in [2.05, 4.69) is 31.2 Å². The molecule has 0 bridgehead atoms. The summed E-state index contributed by atoms with van der Waals surface area (Å²) in [5.41, 5.74) is 1.25. The highest BCUT2D eigenvalue weighted by atomic mass is 16.5. The van der Waals surface area contributed by atoms with Crippen LogP contribution >= 0.6 is 0 Å². The third kappa shape index (κ3) is 3.25. The predicted octanol–water partition coefficient (Wildman–Crippen LogP) is 3.39. The van der Waals surface area contributed by atoms with Crippen molar-refractivity contribution in [3.8, 4) is 5.75 Å². The lowest BCUT2D eigenvalue weighted by atomic mass is 10.1. The fourth-order valence-corrected chi connectivity index (χ4v) is 1.42. The van der Waals surface area contributed by atoms with E-state index < -0.39 is 0 Å². The van der Waals surface area contributed by atoms with Crippen LogP contribution in [0.5, 0.6) is 5.75 Å². The molecule has 0 N–H and O–H groups in total. The van der Waals surface area contributed by atoms with Gasteiger partial charge in [-0.05, 0) is 31.7 Å². The number of methoxy groups -OCH3 is 1. The number of hydrogen-bond donors (Lipinski definition) is 0. The second kappa shape index (κ2) is 6.25. The molecule has 1 heteroatoms. The van der Waals surface area contributed by atoms with E-state index >= 15 is 0 Å². The van der Waals surface area contributed by atoms with Crippen molar-refractivity contribution in [1.82, 2.24) is 0 Å². The smallest absolute Gasteiger partial charge is 0.130 e. The van der Waals surface area contributed by atoms with Gasteiger partial charge >= 0.3 is 0 Å². The summed E-state index contributed by atoms with van der Waals surface area (Å²) >= 11 is 0. The number of rotatable bonds is 5. The van der Waals surface area contributed by atoms with E-state index in [0.717, 1.165) is 18.6 Å². The number of aryl methyl sites for hydroxylation is 1. The molecular weight excluding hydrogens is 172 g/mol. The molecule has 0 heterocycles. The van der Waals surface area contributed by atoms with E-state index in [9.17, 15) is 0 Å². The summed E-state index contributed by atoms with van der Waals surface area (Å²) in [6, 6.07) is 9.08. The number of para-hydroxylation sites is 1. The Hall–Kier alpha value is -1.24. The standard InChI is InChI=1S/C13H17O/c1-3-4-5-6-9-12-10-7-8-11-13(12)14-2/h3-4,7-8,10H,5-6,9H2,1-2H3. The van der Waals surface area contributed by atoms with Crippen LogP contribution < -0.4 is 4.74 Å². The Morgan fingerprint density at radius 3 is 3.07 bits per heavy atom. The molecule has 0 unspecified atom stereocenters. The van der Waals surface area contributed by atoms with Crippen molar-refractivity contribution in [3.63, 3.8) is 0 Å². The van der Waals surface area contributed by atoms with E-state index in [1.165, 1.54) is 12.0 Å². The lowest BCUT2D eigenvalue weighted by Gasteiger charge is -2.06. The van der Waals surface area contributed by atoms with Gasteiger partial charge in [0.1, 0.15) is 5.75 Å². The van der Waals surface area contributed by atoms with Gasteiger partial charge in [0.25, 0.3) is 0 Å². The SMILES string of the molecule is CC=CCCCc1ccc[c]c1OC. The van der Waals surface area contributed by atoms with E-state index in [-0.39, 0.29) is 0 Å². The van der Waals surface area contributed by atoms with E-state index in [1.807, 2.05) is 12.1 Å². The van der Waals surface area contributed by atoms with Crippen molar-refractivity contribution in [2.75, 3.05) is 7.11 Å². The van der Waals surface area contributed by atoms with Crippen LogP contribution in [-0.2, 0) is 6.42 Å². The Morgan fingerprint density at radius 1 is 1.50 bits per heavy atom. The Labute approximate surface area is 86.4 Å². The molecule has 0 saturated heterocycles. The lowest BCUT2D eigenvalue weighted by molar-refractivity contribution is 0.408. The number of allylic oxidation sites excluding steroid dienone is 2. The quantitative estimate of drug-likeness (QED) is 0.509. The summed E-state index contributed by atoms with van der Waals surface area (Å²) in [6.45, 7) is 2.05. The normalized spacial score (nSPS) is 10.7. The van der Waals surface area contributed by atoms with Crippen molar-refractivity contribution >= 4 is 0 Å². The van der Waals surface area contributed by atoms with Crippen LogP contribution in [0.3, 0.4) is 0 Å². The van der Waals surface area contributed by atoms with Crippen molar-refractivity contribution in [2.45, 2.75) is 26.2 Å². The molecule has 14 heavy (non-hydrogen) atoms. The largest absolute Gasteiger partial charge is 0.496 e. The van der Waals surface area contributed by atoms with Gasteiger partial charge in [0.05, 0.1) is 7.11 Å². The molecule has 0 aliphatic carbocycles. The van der Waals surface area contributed by atoms with Crippen molar-refractivity contribution in [2.24, 2.45) is 0 Å². The Kier molecular flexibility index (Phi) is 4.84. The van der Waals surface area contributed by atoms with Crippen LogP contribution in [0.15, 0.2) is 30.4 Å². The molecule has 1 radical (unpaired) electrons. The van der Waals surface area contributed by atoms with Gasteiger partial charge < -0.3 is 4.74 Å². The molecule has 0 amide bonds. The summed E-state index contributed by atoms with van der Waals surface area (Å²) in [5, 5.41) is 0. The maximum absolute atomic E-state index is 5.23. The minimum Gasteiger partial charge on any atom is -0.496 e. The summed E-state index contributed by atoms with van der Waals surface area (Å²) in [6.07, 6.45) is 7.64. The first-order chi connectivity index (χ1) is 6.88. The first-order valence-electron chi connectivity index (χ1n) is 5.03. The van der Waals surface area contributed by atoms with Gasteiger partial charge in [-0.2, -0.15) is 0 Å². The molecule has 1 rings (SSSR count). The number of hydrogen-bond acceptors (Lipinski definition) is 1.